The van der Waals surface area contributed by atoms with E-state index in [-0.39, 0.29) is 0 Å². The summed E-state index contributed by atoms with van der Waals surface area (Å²) in [6.45, 7) is 9.65. The maximum atomic E-state index is 2.68. The minimum atomic E-state index is -1.53. The van der Waals surface area contributed by atoms with Crippen LogP contribution in [0.15, 0.2) is 10.1 Å². The van der Waals surface area contributed by atoms with Gasteiger partial charge in [0.15, 0.2) is 0 Å². The molecule has 0 saturated heterocycles. The van der Waals surface area contributed by atoms with Crippen molar-refractivity contribution in [2.75, 3.05) is 0 Å². The average molecular weight is 273 g/mol. The Morgan fingerprint density at radius 1 is 1.14 bits per heavy atom. The quantitative estimate of drug-likeness (QED) is 0.627. The number of unbranched alkanes of at least 4 members (excludes halogenated alkanes) is 1. The zero-order valence-corrected chi connectivity index (χ0v) is 14.3. The Balaban J connectivity index is 4.65. The second kappa shape index (κ2) is 5.55. The molecule has 0 amide bonds. The molecule has 0 bridgehead atoms. The second-order valence-electron chi connectivity index (χ2n) is 6.39. The van der Waals surface area contributed by atoms with Gasteiger partial charge in [0.25, 0.3) is 0 Å². The molecule has 0 saturated carbocycles. The van der Waals surface area contributed by atoms with E-state index in [1.54, 1.807) is 0 Å². The van der Waals surface area contributed by atoms with Gasteiger partial charge in [-0.05, 0) is 0 Å². The fraction of sp³-hybridized carbons (Fsp3) is 0.833. The molecule has 0 N–H and O–H groups in total. The molecule has 0 aliphatic rings. The molecule has 0 spiro atoms. The predicted molar refractivity (Wildman–Crippen MR) is 74.3 cm³/mol. The van der Waals surface area contributed by atoms with Crippen molar-refractivity contribution in [1.82, 2.24) is 0 Å². The maximum absolute atomic E-state index is 2.68. The van der Waals surface area contributed by atoms with Gasteiger partial charge in [0.2, 0.25) is 0 Å². The van der Waals surface area contributed by atoms with E-state index >= 15 is 0 Å². The van der Waals surface area contributed by atoms with Crippen molar-refractivity contribution in [3.63, 3.8) is 0 Å². The topological polar surface area (TPSA) is 0 Å². The molecular formula is C12H28GeSi. The average Bonchev–Trinajstić information content (AvgIpc) is 1.93. The minimum absolute atomic E-state index is 0.995. The monoisotopic (exact) mass is 274 g/mol. The Morgan fingerprint density at radius 2 is 1.64 bits per heavy atom. The van der Waals surface area contributed by atoms with Crippen molar-refractivity contribution in [2.24, 2.45) is 0 Å². The van der Waals surface area contributed by atoms with E-state index in [1.807, 2.05) is 4.41 Å². The summed E-state index contributed by atoms with van der Waals surface area (Å²) in [5.41, 5.74) is 2.68. The molecule has 2 heteroatoms. The third kappa shape index (κ3) is 6.88. The van der Waals surface area contributed by atoms with Crippen molar-refractivity contribution >= 4 is 21.3 Å². The summed E-state index contributed by atoms with van der Waals surface area (Å²) in [6.07, 6.45) is 4.10. The van der Waals surface area contributed by atoms with Crippen LogP contribution >= 0.6 is 0 Å². The number of rotatable bonds is 5. The van der Waals surface area contributed by atoms with E-state index in [0.717, 1.165) is 0 Å². The summed E-state index contributed by atoms with van der Waals surface area (Å²) in [4.78, 5) is 0. The molecule has 0 heterocycles. The van der Waals surface area contributed by atoms with Crippen LogP contribution in [0.3, 0.4) is 0 Å². The van der Waals surface area contributed by atoms with Crippen LogP contribution in [0, 0.1) is 0 Å². The van der Waals surface area contributed by atoms with Gasteiger partial charge < -0.3 is 0 Å². The summed E-state index contributed by atoms with van der Waals surface area (Å²) >= 11 is -1.53. The molecular weight excluding hydrogens is 245 g/mol. The van der Waals surface area contributed by atoms with E-state index in [9.17, 15) is 0 Å². The van der Waals surface area contributed by atoms with Gasteiger partial charge in [-0.3, -0.25) is 0 Å². The van der Waals surface area contributed by atoms with Crippen LogP contribution in [0.25, 0.3) is 0 Å². The SMILES string of the molecule is CCCC/[C](=C/[Si](C)(C)C)[Ge]([CH3])([CH3])[CH3]. The van der Waals surface area contributed by atoms with Crippen molar-refractivity contribution < 1.29 is 0 Å². The van der Waals surface area contributed by atoms with Crippen LogP contribution in [0.4, 0.5) is 0 Å². The van der Waals surface area contributed by atoms with Crippen molar-refractivity contribution in [1.29, 1.82) is 0 Å². The van der Waals surface area contributed by atoms with Gasteiger partial charge in [0.05, 0.1) is 0 Å². The molecule has 0 radical (unpaired) electrons. The molecule has 14 heavy (non-hydrogen) atoms. The molecule has 0 aliphatic heterocycles. The Bertz CT molecular complexity index is 193. The summed E-state index contributed by atoms with van der Waals surface area (Å²) in [5.74, 6) is 7.59. The van der Waals surface area contributed by atoms with E-state index in [1.165, 1.54) is 19.3 Å². The zero-order chi connectivity index (χ0) is 11.4. The van der Waals surface area contributed by atoms with Crippen molar-refractivity contribution in [3.8, 4) is 0 Å². The van der Waals surface area contributed by atoms with Crippen LogP contribution in [-0.4, -0.2) is 21.3 Å². The van der Waals surface area contributed by atoms with Gasteiger partial charge in [-0.25, -0.2) is 0 Å². The van der Waals surface area contributed by atoms with Crippen molar-refractivity contribution in [3.05, 3.63) is 10.1 Å². The molecule has 0 rings (SSSR count). The molecule has 0 aromatic rings. The Labute approximate surface area is 94.5 Å². The molecule has 0 aliphatic carbocycles. The summed E-state index contributed by atoms with van der Waals surface area (Å²) in [6, 6.07) is 0. The summed E-state index contributed by atoms with van der Waals surface area (Å²) in [7, 11) is -0.995. The van der Waals surface area contributed by atoms with Crippen LogP contribution < -0.4 is 0 Å². The van der Waals surface area contributed by atoms with Gasteiger partial charge in [-0.2, -0.15) is 0 Å². The van der Waals surface area contributed by atoms with E-state index in [2.05, 4.69) is 49.5 Å². The first-order chi connectivity index (χ1) is 6.17. The summed E-state index contributed by atoms with van der Waals surface area (Å²) in [5, 5.41) is 0. The fourth-order valence-corrected chi connectivity index (χ4v) is 10.6. The van der Waals surface area contributed by atoms with Crippen molar-refractivity contribution in [2.45, 2.75) is 63.1 Å². The fourth-order valence-electron chi connectivity index (χ4n) is 1.55. The van der Waals surface area contributed by atoms with Gasteiger partial charge in [0.1, 0.15) is 0 Å². The van der Waals surface area contributed by atoms with E-state index in [0.29, 0.717) is 0 Å². The van der Waals surface area contributed by atoms with Gasteiger partial charge >= 0.3 is 94.5 Å². The molecule has 0 nitrogen and oxygen atoms in total. The van der Waals surface area contributed by atoms with Crippen LogP contribution in [0.5, 0.6) is 0 Å². The number of allylic oxidation sites excluding steroid dienone is 1. The Morgan fingerprint density at radius 3 is 1.93 bits per heavy atom. The molecule has 84 valence electrons. The Kier molecular flexibility index (Phi) is 5.75. The normalized spacial score (nSPS) is 14.6. The third-order valence-electron chi connectivity index (χ3n) is 2.37. The first-order valence-corrected chi connectivity index (χ1v) is 16.8. The molecule has 0 unspecified atom stereocenters. The van der Waals surface area contributed by atoms with Gasteiger partial charge in [0, 0.05) is 0 Å². The molecule has 0 aromatic carbocycles. The van der Waals surface area contributed by atoms with E-state index < -0.39 is 21.3 Å². The summed E-state index contributed by atoms with van der Waals surface area (Å²) < 4.78 is 1.87. The first kappa shape index (κ1) is 14.5. The predicted octanol–water partition coefficient (Wildman–Crippen LogP) is 4.86. The van der Waals surface area contributed by atoms with E-state index in [4.69, 9.17) is 0 Å². The van der Waals surface area contributed by atoms with Gasteiger partial charge in [-0.15, -0.1) is 0 Å². The molecule has 0 aromatic heterocycles. The van der Waals surface area contributed by atoms with Crippen LogP contribution in [0.1, 0.15) is 26.2 Å². The molecule has 0 fully saturated rings. The second-order valence-corrected chi connectivity index (χ2v) is 22.2. The third-order valence-corrected chi connectivity index (χ3v) is 9.06. The molecule has 0 atom stereocenters. The first-order valence-electron chi connectivity index (χ1n) is 5.89. The number of hydrogen-bond donors (Lipinski definition) is 0. The van der Waals surface area contributed by atoms with Gasteiger partial charge in [-0.1, -0.05) is 0 Å². The Hall–Kier alpha value is 0.500. The van der Waals surface area contributed by atoms with Crippen LogP contribution in [-0.2, 0) is 0 Å². The van der Waals surface area contributed by atoms with Crippen LogP contribution in [0.2, 0.25) is 36.9 Å². The number of hydrogen-bond acceptors (Lipinski definition) is 0. The standard InChI is InChI=1S/C12H28GeSi/c1-8-9-10-12(13(2,3)4)11-14(5,6)7/h11H,8-10H2,1-7H3/b12-11-. The zero-order valence-electron chi connectivity index (χ0n) is 11.2.